The third-order valence-corrected chi connectivity index (χ3v) is 10.5. The molecule has 6 rings (SSSR count). The second kappa shape index (κ2) is 8.59. The van der Waals surface area contributed by atoms with Gasteiger partial charge in [0.05, 0.1) is 42.6 Å². The van der Waals surface area contributed by atoms with Crippen LogP contribution in [0.4, 0.5) is 0 Å². The highest BCUT2D eigenvalue weighted by Crippen LogP contribution is 2.54. The molecule has 1 aliphatic carbocycles. The number of carboxylic acid groups (broad SMARTS) is 1. The number of aromatic carboxylic acids is 1. The smallest absolute Gasteiger partial charge is 0.341 e. The summed E-state index contributed by atoms with van der Waals surface area (Å²) in [5.41, 5.74) is 2.52. The Bertz CT molecular complexity index is 1550. The lowest BCUT2D eigenvalue weighted by atomic mass is 9.62. The third-order valence-electron chi connectivity index (χ3n) is 8.74. The molecule has 0 radical (unpaired) electrons. The first-order valence-electron chi connectivity index (χ1n) is 13.1. The monoisotopic (exact) mass is 540 g/mol. The molecule has 4 aliphatic rings. The minimum absolute atomic E-state index is 0.0173. The zero-order chi connectivity index (χ0) is 27.0. The first-order valence-corrected chi connectivity index (χ1v) is 14.9. The third kappa shape index (κ3) is 3.73. The Morgan fingerprint density at radius 3 is 2.63 bits per heavy atom. The van der Waals surface area contributed by atoms with Crippen molar-refractivity contribution in [2.24, 2.45) is 5.92 Å². The van der Waals surface area contributed by atoms with Crippen LogP contribution in [0.15, 0.2) is 46.9 Å². The average molecular weight is 541 g/mol. The van der Waals surface area contributed by atoms with Crippen molar-refractivity contribution >= 4 is 21.4 Å². The molecule has 202 valence electrons. The second-order valence-corrected chi connectivity index (χ2v) is 13.5. The molecule has 2 unspecified atom stereocenters. The Morgan fingerprint density at radius 1 is 1.21 bits per heavy atom. The van der Waals surface area contributed by atoms with Gasteiger partial charge in [0.15, 0.2) is 5.43 Å². The fourth-order valence-electron chi connectivity index (χ4n) is 6.52. The maximum absolute atomic E-state index is 12.9. The van der Waals surface area contributed by atoms with Gasteiger partial charge in [-0.2, -0.15) is 5.10 Å². The van der Waals surface area contributed by atoms with E-state index < -0.39 is 26.7 Å². The van der Waals surface area contributed by atoms with Crippen molar-refractivity contribution in [3.05, 3.63) is 69.1 Å². The summed E-state index contributed by atoms with van der Waals surface area (Å²) in [7, 11) is -2.96. The van der Waals surface area contributed by atoms with Gasteiger partial charge in [-0.25, -0.2) is 13.2 Å². The van der Waals surface area contributed by atoms with Crippen molar-refractivity contribution in [2.45, 2.75) is 57.5 Å². The Morgan fingerprint density at radius 2 is 1.95 bits per heavy atom. The number of allylic oxidation sites excluding steroid dienone is 3. The number of carboxylic acids is 1. The molecule has 5 heterocycles. The molecule has 0 spiro atoms. The maximum atomic E-state index is 12.9. The zero-order valence-corrected chi connectivity index (χ0v) is 22.6. The minimum Gasteiger partial charge on any atom is -0.497 e. The van der Waals surface area contributed by atoms with Crippen LogP contribution in [-0.4, -0.2) is 64.6 Å². The number of ether oxygens (including phenoxy) is 1. The summed E-state index contributed by atoms with van der Waals surface area (Å²) in [5, 5.41) is 16.3. The fourth-order valence-corrected chi connectivity index (χ4v) is 7.98. The van der Waals surface area contributed by atoms with Crippen LogP contribution < -0.4 is 10.4 Å². The molecule has 0 saturated carbocycles. The maximum Gasteiger partial charge on any atom is 0.341 e. The molecule has 10 nitrogen and oxygen atoms in total. The number of hydrogen-bond donors (Lipinski definition) is 1. The number of hydrogen-bond acceptors (Lipinski definition) is 7. The van der Waals surface area contributed by atoms with Gasteiger partial charge in [-0.15, -0.1) is 0 Å². The topological polar surface area (TPSA) is 124 Å². The highest BCUT2D eigenvalue weighted by molar-refractivity contribution is 7.91. The van der Waals surface area contributed by atoms with Gasteiger partial charge in [0.1, 0.15) is 21.2 Å². The van der Waals surface area contributed by atoms with Gasteiger partial charge in [0, 0.05) is 47.0 Å². The number of sulfone groups is 1. The molecule has 0 amide bonds. The molecule has 2 fully saturated rings. The lowest BCUT2D eigenvalue weighted by Gasteiger charge is -2.50. The van der Waals surface area contributed by atoms with Gasteiger partial charge in [-0.05, 0) is 51.7 Å². The van der Waals surface area contributed by atoms with Gasteiger partial charge in [-0.3, -0.25) is 14.2 Å². The molecule has 2 saturated heterocycles. The number of pyridine rings is 1. The van der Waals surface area contributed by atoms with Crippen LogP contribution in [0.5, 0.6) is 0 Å². The van der Waals surface area contributed by atoms with Crippen LogP contribution in [-0.2, 0) is 20.0 Å². The molecular weight excluding hydrogens is 508 g/mol. The summed E-state index contributed by atoms with van der Waals surface area (Å²) in [6, 6.07) is 1.59. The van der Waals surface area contributed by atoms with E-state index in [1.807, 2.05) is 35.6 Å². The van der Waals surface area contributed by atoms with E-state index in [9.17, 15) is 23.1 Å². The molecule has 3 aliphatic heterocycles. The first kappa shape index (κ1) is 25.0. The van der Waals surface area contributed by atoms with Gasteiger partial charge in [-0.1, -0.05) is 0 Å². The van der Waals surface area contributed by atoms with E-state index in [0.29, 0.717) is 26.0 Å². The normalized spacial score (nSPS) is 26.5. The molecule has 2 aromatic heterocycles. The molecule has 0 bridgehead atoms. The molecule has 38 heavy (non-hydrogen) atoms. The minimum atomic E-state index is -2.96. The van der Waals surface area contributed by atoms with E-state index in [-0.39, 0.29) is 35.1 Å². The van der Waals surface area contributed by atoms with Crippen molar-refractivity contribution in [3.8, 4) is 0 Å². The van der Waals surface area contributed by atoms with E-state index in [1.54, 1.807) is 0 Å². The van der Waals surface area contributed by atoms with E-state index in [2.05, 4.69) is 23.1 Å². The van der Waals surface area contributed by atoms with Crippen LogP contribution in [0.1, 0.15) is 67.7 Å². The van der Waals surface area contributed by atoms with Crippen LogP contribution in [0.3, 0.4) is 0 Å². The molecular formula is C27H32N4O6S. The molecule has 11 heteroatoms. The molecule has 2 aromatic rings. The Labute approximate surface area is 221 Å². The standard InChI is InChI=1S/C27H32N4O6S/c1-16(2)30-14-18-10-20(17-12-28-29(13-17)19-5-8-38(35,36)9-6-19)25-22(4-7-37-25)27(18,3)24-11-23(32)21(26(33)34)15-31(24)30/h10-13,15-16,19,22H,4-9,14H2,1-3H3,(H,33,34). The Balaban J connectivity index is 1.45. The number of fused-ring (bicyclic) bond motifs is 5. The van der Waals surface area contributed by atoms with E-state index in [0.717, 1.165) is 34.6 Å². The highest BCUT2D eigenvalue weighted by Gasteiger charge is 2.52. The van der Waals surface area contributed by atoms with Gasteiger partial charge < -0.3 is 14.9 Å². The first-order chi connectivity index (χ1) is 18.0. The van der Waals surface area contributed by atoms with Crippen LogP contribution in [0.25, 0.3) is 5.57 Å². The summed E-state index contributed by atoms with van der Waals surface area (Å²) in [6.45, 7) is 7.35. The Kier molecular flexibility index (Phi) is 5.64. The SMILES string of the molecule is CC(C)N1CC2=CC(c3cnn(C4CCS(=O)(=O)CC4)c3)=C3OCCC3C2(C)c2cc(=O)c(C(=O)O)cn21. The summed E-state index contributed by atoms with van der Waals surface area (Å²) in [4.78, 5) is 24.6. The molecule has 0 aromatic carbocycles. The van der Waals surface area contributed by atoms with E-state index in [4.69, 9.17) is 4.74 Å². The van der Waals surface area contributed by atoms with Crippen molar-refractivity contribution in [3.63, 3.8) is 0 Å². The van der Waals surface area contributed by atoms with E-state index in [1.165, 1.54) is 12.3 Å². The fraction of sp³-hybridized carbons (Fsp3) is 0.519. The summed E-state index contributed by atoms with van der Waals surface area (Å²) in [6.07, 6.45) is 9.32. The van der Waals surface area contributed by atoms with Crippen LogP contribution >= 0.6 is 0 Å². The van der Waals surface area contributed by atoms with Gasteiger partial charge >= 0.3 is 5.97 Å². The lowest BCUT2D eigenvalue weighted by molar-refractivity contribution is 0.0694. The van der Waals surface area contributed by atoms with Gasteiger partial charge in [0.25, 0.3) is 0 Å². The van der Waals surface area contributed by atoms with Gasteiger partial charge in [0.2, 0.25) is 0 Å². The Hall–Kier alpha value is -3.34. The summed E-state index contributed by atoms with van der Waals surface area (Å²) < 4.78 is 33.8. The van der Waals surface area contributed by atoms with Crippen molar-refractivity contribution in [2.75, 3.05) is 29.7 Å². The number of nitrogens with zero attached hydrogens (tertiary/aromatic N) is 4. The van der Waals surface area contributed by atoms with Crippen molar-refractivity contribution in [1.29, 1.82) is 0 Å². The lowest BCUT2D eigenvalue weighted by Crippen LogP contribution is -2.56. The van der Waals surface area contributed by atoms with E-state index >= 15 is 0 Å². The van der Waals surface area contributed by atoms with Crippen molar-refractivity contribution < 1.29 is 23.1 Å². The molecule has 2 atom stereocenters. The van der Waals surface area contributed by atoms with Crippen molar-refractivity contribution in [1.82, 2.24) is 14.5 Å². The highest BCUT2D eigenvalue weighted by atomic mass is 32.2. The predicted molar refractivity (Wildman–Crippen MR) is 141 cm³/mol. The number of aromatic nitrogens is 3. The summed E-state index contributed by atoms with van der Waals surface area (Å²) in [5.74, 6) is -0.0229. The number of rotatable bonds is 4. The predicted octanol–water partition coefficient (Wildman–Crippen LogP) is 2.50. The quantitative estimate of drug-likeness (QED) is 0.628. The van der Waals surface area contributed by atoms with Crippen LogP contribution in [0, 0.1) is 5.92 Å². The largest absolute Gasteiger partial charge is 0.497 e. The summed E-state index contributed by atoms with van der Waals surface area (Å²) >= 11 is 0. The zero-order valence-electron chi connectivity index (χ0n) is 21.8. The average Bonchev–Trinajstić information content (AvgIpc) is 3.54. The molecule has 1 N–H and O–H groups in total. The second-order valence-electron chi connectivity index (χ2n) is 11.2. The number of carbonyl (C=O) groups is 1. The van der Waals surface area contributed by atoms with Crippen LogP contribution in [0.2, 0.25) is 0 Å².